The zero-order chi connectivity index (χ0) is 21.5. The lowest BCUT2D eigenvalue weighted by Gasteiger charge is -2.03. The van der Waals surface area contributed by atoms with Gasteiger partial charge in [-0.05, 0) is 36.8 Å². The molecule has 0 aliphatic heterocycles. The van der Waals surface area contributed by atoms with Crippen molar-refractivity contribution in [3.63, 3.8) is 0 Å². The number of amides is 1. The minimum absolute atomic E-state index is 0.397. The molecule has 3 rings (SSSR count). The third kappa shape index (κ3) is 9.64. The molecule has 1 aromatic heterocycles. The third-order valence-corrected chi connectivity index (χ3v) is 3.55. The smallest absolute Gasteiger partial charge is 0.248 e. The maximum absolute atomic E-state index is 10.8. The SMILES string of the molecule is CCC.Cc1ccc(-c2nnco2)cc1.NCCNCc1ccc(C(N)=O)cc1. The molecule has 0 radical (unpaired) electrons. The number of primary amides is 1. The van der Waals surface area contributed by atoms with Gasteiger partial charge in [-0.1, -0.05) is 50.1 Å². The van der Waals surface area contributed by atoms with E-state index in [9.17, 15) is 4.79 Å². The number of nitrogens with one attached hydrogen (secondary N) is 1. The van der Waals surface area contributed by atoms with Crippen LogP contribution in [-0.2, 0) is 6.54 Å². The fourth-order valence-electron chi connectivity index (χ4n) is 2.12. The van der Waals surface area contributed by atoms with Gasteiger partial charge in [-0.2, -0.15) is 0 Å². The molecule has 5 N–H and O–H groups in total. The van der Waals surface area contributed by atoms with Gasteiger partial charge < -0.3 is 21.2 Å². The molecular weight excluding hydrogens is 366 g/mol. The molecule has 0 saturated carbocycles. The van der Waals surface area contributed by atoms with Crippen LogP contribution in [0.2, 0.25) is 0 Å². The number of nitrogens with zero attached hydrogens (tertiary/aromatic N) is 2. The van der Waals surface area contributed by atoms with Crippen molar-refractivity contribution in [2.24, 2.45) is 11.5 Å². The molecule has 7 nitrogen and oxygen atoms in total. The number of aryl methyl sites for hydroxylation is 1. The van der Waals surface area contributed by atoms with E-state index in [1.807, 2.05) is 43.3 Å². The molecule has 0 aliphatic rings. The van der Waals surface area contributed by atoms with Crippen molar-refractivity contribution >= 4 is 5.91 Å². The van der Waals surface area contributed by atoms with Crippen LogP contribution in [0.1, 0.15) is 41.8 Å². The molecule has 156 valence electrons. The summed E-state index contributed by atoms with van der Waals surface area (Å²) >= 11 is 0. The van der Waals surface area contributed by atoms with E-state index in [0.29, 0.717) is 18.0 Å². The van der Waals surface area contributed by atoms with Gasteiger partial charge in [0, 0.05) is 30.8 Å². The van der Waals surface area contributed by atoms with Crippen molar-refractivity contribution in [3.05, 3.63) is 71.6 Å². The van der Waals surface area contributed by atoms with Crippen molar-refractivity contribution < 1.29 is 9.21 Å². The zero-order valence-corrected chi connectivity index (χ0v) is 17.4. The first kappa shape index (κ1) is 24.0. The number of aromatic nitrogens is 2. The van der Waals surface area contributed by atoms with E-state index in [4.69, 9.17) is 15.9 Å². The predicted octanol–water partition coefficient (Wildman–Crippen LogP) is 3.30. The lowest BCUT2D eigenvalue weighted by atomic mass is 10.1. The Morgan fingerprint density at radius 3 is 2.17 bits per heavy atom. The lowest BCUT2D eigenvalue weighted by Crippen LogP contribution is -2.21. The van der Waals surface area contributed by atoms with E-state index in [-0.39, 0.29) is 0 Å². The van der Waals surface area contributed by atoms with Crippen LogP contribution in [0.5, 0.6) is 0 Å². The van der Waals surface area contributed by atoms with Gasteiger partial charge in [-0.25, -0.2) is 0 Å². The maximum atomic E-state index is 10.8. The van der Waals surface area contributed by atoms with E-state index in [1.165, 1.54) is 18.4 Å². The number of rotatable bonds is 6. The average molecular weight is 398 g/mol. The molecule has 7 heteroatoms. The standard InChI is InChI=1S/C10H15N3O.C9H8N2O.C3H8/c11-5-6-13-7-8-1-3-9(4-2-8)10(12)14;1-7-2-4-8(5-3-7)9-11-10-6-12-9;1-3-2/h1-4,13H,5-7,11H2,(H2,12,14);2-6H,1H3;3H2,1-2H3. The number of nitrogens with two attached hydrogens (primary N) is 2. The van der Waals surface area contributed by atoms with Crippen molar-refractivity contribution in [1.82, 2.24) is 15.5 Å². The van der Waals surface area contributed by atoms with Crippen LogP contribution in [0, 0.1) is 6.92 Å². The summed E-state index contributed by atoms with van der Waals surface area (Å²) in [6.07, 6.45) is 2.58. The largest absolute Gasteiger partial charge is 0.423 e. The van der Waals surface area contributed by atoms with Crippen molar-refractivity contribution in [2.45, 2.75) is 33.7 Å². The second-order valence-corrected chi connectivity index (χ2v) is 6.34. The molecule has 3 aromatic rings. The van der Waals surface area contributed by atoms with Gasteiger partial charge in [0.1, 0.15) is 0 Å². The Morgan fingerprint density at radius 1 is 1.07 bits per heavy atom. The number of hydrogen-bond donors (Lipinski definition) is 3. The van der Waals surface area contributed by atoms with Crippen LogP contribution < -0.4 is 16.8 Å². The number of hydrogen-bond acceptors (Lipinski definition) is 6. The summed E-state index contributed by atoms with van der Waals surface area (Å²) in [6.45, 7) is 8.46. The molecule has 0 spiro atoms. The van der Waals surface area contributed by atoms with E-state index >= 15 is 0 Å². The van der Waals surface area contributed by atoms with Gasteiger partial charge in [-0.3, -0.25) is 4.79 Å². The Hall–Kier alpha value is -3.03. The van der Waals surface area contributed by atoms with Gasteiger partial charge in [0.15, 0.2) is 0 Å². The maximum Gasteiger partial charge on any atom is 0.248 e. The fraction of sp³-hybridized carbons (Fsp3) is 0.318. The Bertz CT molecular complexity index is 800. The van der Waals surface area contributed by atoms with E-state index in [0.717, 1.165) is 24.2 Å². The molecule has 29 heavy (non-hydrogen) atoms. The summed E-state index contributed by atoms with van der Waals surface area (Å²) in [5, 5.41) is 10.6. The minimum Gasteiger partial charge on any atom is -0.423 e. The van der Waals surface area contributed by atoms with Gasteiger partial charge >= 0.3 is 0 Å². The Kier molecular flexibility index (Phi) is 11.6. The average Bonchev–Trinajstić information content (AvgIpc) is 3.25. The van der Waals surface area contributed by atoms with Crippen LogP contribution in [0.4, 0.5) is 0 Å². The summed E-state index contributed by atoms with van der Waals surface area (Å²) in [6, 6.07) is 15.2. The van der Waals surface area contributed by atoms with Gasteiger partial charge in [0.2, 0.25) is 18.2 Å². The van der Waals surface area contributed by atoms with Crippen molar-refractivity contribution in [1.29, 1.82) is 0 Å². The first-order chi connectivity index (χ1) is 14.0. The highest BCUT2D eigenvalue weighted by Gasteiger charge is 2.01. The zero-order valence-electron chi connectivity index (χ0n) is 17.4. The Labute approximate surface area is 172 Å². The molecule has 0 saturated heterocycles. The van der Waals surface area contributed by atoms with E-state index in [2.05, 4.69) is 29.4 Å². The predicted molar refractivity (Wildman–Crippen MR) is 116 cm³/mol. The molecular formula is C22H31N5O2. The van der Waals surface area contributed by atoms with Crippen LogP contribution in [0.25, 0.3) is 11.5 Å². The Morgan fingerprint density at radius 2 is 1.69 bits per heavy atom. The van der Waals surface area contributed by atoms with Gasteiger partial charge in [0.25, 0.3) is 0 Å². The second-order valence-electron chi connectivity index (χ2n) is 6.34. The van der Waals surface area contributed by atoms with Gasteiger partial charge in [-0.15, -0.1) is 10.2 Å². The highest BCUT2D eigenvalue weighted by molar-refractivity contribution is 5.92. The van der Waals surface area contributed by atoms with Crippen molar-refractivity contribution in [3.8, 4) is 11.5 Å². The topological polar surface area (TPSA) is 120 Å². The Balaban J connectivity index is 0.000000257. The molecule has 1 heterocycles. The molecule has 0 aliphatic carbocycles. The monoisotopic (exact) mass is 397 g/mol. The summed E-state index contributed by atoms with van der Waals surface area (Å²) < 4.78 is 5.04. The summed E-state index contributed by atoms with van der Waals surface area (Å²) in [7, 11) is 0. The summed E-state index contributed by atoms with van der Waals surface area (Å²) in [5.74, 6) is 0.168. The molecule has 0 atom stereocenters. The van der Waals surface area contributed by atoms with Crippen LogP contribution in [0.15, 0.2) is 59.3 Å². The first-order valence-corrected chi connectivity index (χ1v) is 9.64. The molecule has 0 unspecified atom stereocenters. The minimum atomic E-state index is -0.397. The van der Waals surface area contributed by atoms with Crippen LogP contribution >= 0.6 is 0 Å². The van der Waals surface area contributed by atoms with E-state index < -0.39 is 5.91 Å². The summed E-state index contributed by atoms with van der Waals surface area (Å²) in [4.78, 5) is 10.8. The number of benzene rings is 2. The molecule has 1 amide bonds. The second kappa shape index (κ2) is 14.0. The fourth-order valence-corrected chi connectivity index (χ4v) is 2.12. The molecule has 0 fully saturated rings. The number of carbonyl (C=O) groups is 1. The molecule has 2 aromatic carbocycles. The normalized spacial score (nSPS) is 9.66. The summed E-state index contributed by atoms with van der Waals surface area (Å²) in [5.41, 5.74) is 14.3. The number of carbonyl (C=O) groups excluding carboxylic acids is 1. The lowest BCUT2D eigenvalue weighted by molar-refractivity contribution is 0.100. The quantitative estimate of drug-likeness (QED) is 0.549. The molecule has 0 bridgehead atoms. The highest BCUT2D eigenvalue weighted by Crippen LogP contribution is 2.15. The highest BCUT2D eigenvalue weighted by atomic mass is 16.4. The van der Waals surface area contributed by atoms with Crippen molar-refractivity contribution in [2.75, 3.05) is 13.1 Å². The third-order valence-electron chi connectivity index (χ3n) is 3.55. The van der Waals surface area contributed by atoms with Crippen LogP contribution in [-0.4, -0.2) is 29.2 Å². The van der Waals surface area contributed by atoms with Gasteiger partial charge in [0.05, 0.1) is 0 Å². The first-order valence-electron chi connectivity index (χ1n) is 9.64. The van der Waals surface area contributed by atoms with E-state index in [1.54, 1.807) is 12.1 Å². The van der Waals surface area contributed by atoms with Crippen LogP contribution in [0.3, 0.4) is 0 Å².